The first-order valence-electron chi connectivity index (χ1n) is 9.43. The predicted molar refractivity (Wildman–Crippen MR) is 107 cm³/mol. The van der Waals surface area contributed by atoms with E-state index in [0.717, 1.165) is 24.1 Å². The van der Waals surface area contributed by atoms with E-state index >= 15 is 0 Å². The van der Waals surface area contributed by atoms with Crippen LogP contribution in [0.2, 0.25) is 5.02 Å². The second-order valence-corrected chi connectivity index (χ2v) is 7.49. The van der Waals surface area contributed by atoms with Gasteiger partial charge < -0.3 is 4.90 Å². The molecule has 1 aliphatic rings. The third-order valence-electron chi connectivity index (χ3n) is 4.98. The number of aryl methyl sites for hydroxylation is 1. The summed E-state index contributed by atoms with van der Waals surface area (Å²) in [6.07, 6.45) is 6.61. The van der Waals surface area contributed by atoms with Crippen molar-refractivity contribution in [2.24, 2.45) is 0 Å². The van der Waals surface area contributed by atoms with Crippen LogP contribution in [0.1, 0.15) is 30.4 Å². The van der Waals surface area contributed by atoms with E-state index in [2.05, 4.69) is 5.10 Å². The fourth-order valence-corrected chi connectivity index (χ4v) is 3.49. The molecule has 1 saturated carbocycles. The fourth-order valence-electron chi connectivity index (χ4n) is 3.27. The first-order valence-corrected chi connectivity index (χ1v) is 9.81. The summed E-state index contributed by atoms with van der Waals surface area (Å²) >= 11 is 6.15. The Morgan fingerprint density at radius 2 is 1.96 bits per heavy atom. The van der Waals surface area contributed by atoms with Crippen LogP contribution in [0.3, 0.4) is 0 Å². The molecule has 1 aromatic heterocycles. The van der Waals surface area contributed by atoms with Crippen molar-refractivity contribution in [3.63, 3.8) is 0 Å². The Bertz CT molecular complexity index is 949. The molecule has 0 atom stereocenters. The van der Waals surface area contributed by atoms with Gasteiger partial charge in [0, 0.05) is 29.2 Å². The quantitative estimate of drug-likeness (QED) is 0.575. The maximum absolute atomic E-state index is 14.1. The lowest BCUT2D eigenvalue weighted by molar-refractivity contribution is -0.132. The van der Waals surface area contributed by atoms with Crippen LogP contribution >= 0.6 is 11.6 Å². The van der Waals surface area contributed by atoms with Crippen molar-refractivity contribution in [2.75, 3.05) is 0 Å². The number of carbonyl (C=O) groups is 1. The summed E-state index contributed by atoms with van der Waals surface area (Å²) in [5, 5.41) is 4.74. The molecule has 4 rings (SSSR count). The van der Waals surface area contributed by atoms with Gasteiger partial charge in [-0.2, -0.15) is 5.10 Å². The molecule has 1 fully saturated rings. The van der Waals surface area contributed by atoms with Crippen molar-refractivity contribution in [1.29, 1.82) is 0 Å². The highest BCUT2D eigenvalue weighted by Crippen LogP contribution is 2.31. The number of amides is 1. The van der Waals surface area contributed by atoms with Crippen molar-refractivity contribution < 1.29 is 9.18 Å². The molecule has 0 aliphatic heterocycles. The SMILES string of the molecule is O=C(CCc1cnn(-c2ccccc2)c1)N(Cc1c(F)cccc1Cl)C1CC1. The van der Waals surface area contributed by atoms with E-state index in [1.54, 1.807) is 27.9 Å². The number of para-hydroxylation sites is 1. The van der Waals surface area contributed by atoms with Gasteiger partial charge in [-0.3, -0.25) is 4.79 Å². The number of hydrogen-bond acceptors (Lipinski definition) is 2. The van der Waals surface area contributed by atoms with Crippen LogP contribution in [-0.2, 0) is 17.8 Å². The van der Waals surface area contributed by atoms with E-state index in [-0.39, 0.29) is 24.3 Å². The van der Waals surface area contributed by atoms with Gasteiger partial charge in [0.2, 0.25) is 5.91 Å². The third-order valence-corrected chi connectivity index (χ3v) is 5.34. The van der Waals surface area contributed by atoms with Gasteiger partial charge in [0.05, 0.1) is 18.4 Å². The minimum Gasteiger partial charge on any atom is -0.335 e. The van der Waals surface area contributed by atoms with Gasteiger partial charge in [0.15, 0.2) is 0 Å². The Labute approximate surface area is 168 Å². The third kappa shape index (κ3) is 4.25. The summed E-state index contributed by atoms with van der Waals surface area (Å²) in [5.41, 5.74) is 2.37. The van der Waals surface area contributed by atoms with Gasteiger partial charge >= 0.3 is 0 Å². The number of benzene rings is 2. The number of carbonyl (C=O) groups excluding carboxylic acids is 1. The van der Waals surface area contributed by atoms with Crippen molar-refractivity contribution in [1.82, 2.24) is 14.7 Å². The summed E-state index contributed by atoms with van der Waals surface area (Å²) in [7, 11) is 0. The number of nitrogens with zero attached hydrogens (tertiary/aromatic N) is 3. The van der Waals surface area contributed by atoms with E-state index in [1.165, 1.54) is 6.07 Å². The molecular formula is C22H21ClFN3O. The summed E-state index contributed by atoms with van der Waals surface area (Å²) in [6.45, 7) is 0.221. The molecule has 0 unspecified atom stereocenters. The molecule has 0 radical (unpaired) electrons. The van der Waals surface area contributed by atoms with Gasteiger partial charge in [0.25, 0.3) is 0 Å². The molecule has 4 nitrogen and oxygen atoms in total. The first kappa shape index (κ1) is 18.7. The summed E-state index contributed by atoms with van der Waals surface area (Å²) < 4.78 is 15.9. The molecule has 0 bridgehead atoms. The van der Waals surface area contributed by atoms with Crippen LogP contribution in [0.4, 0.5) is 4.39 Å². The Kier molecular flexibility index (Phi) is 5.44. The van der Waals surface area contributed by atoms with Crippen LogP contribution in [-0.4, -0.2) is 26.6 Å². The number of aromatic nitrogens is 2. The zero-order valence-electron chi connectivity index (χ0n) is 15.4. The Morgan fingerprint density at radius 3 is 2.68 bits per heavy atom. The van der Waals surface area contributed by atoms with Crippen molar-refractivity contribution in [3.8, 4) is 5.69 Å². The average Bonchev–Trinajstić information content (AvgIpc) is 3.43. The topological polar surface area (TPSA) is 38.1 Å². The standard InChI is InChI=1S/C22H21ClFN3O/c23-20-7-4-8-21(24)19(20)15-26(17-10-11-17)22(28)12-9-16-13-25-27(14-16)18-5-2-1-3-6-18/h1-8,13-14,17H,9-12,15H2. The van der Waals surface area contributed by atoms with Gasteiger partial charge in [-0.1, -0.05) is 35.9 Å². The lowest BCUT2D eigenvalue weighted by Gasteiger charge is -2.23. The average molecular weight is 398 g/mol. The van der Waals surface area contributed by atoms with Crippen molar-refractivity contribution in [2.45, 2.75) is 38.3 Å². The van der Waals surface area contributed by atoms with Gasteiger partial charge in [0.1, 0.15) is 5.82 Å². The van der Waals surface area contributed by atoms with E-state index in [0.29, 0.717) is 23.4 Å². The van der Waals surface area contributed by atoms with Crippen LogP contribution in [0.15, 0.2) is 60.9 Å². The maximum Gasteiger partial charge on any atom is 0.223 e. The van der Waals surface area contributed by atoms with Crippen LogP contribution < -0.4 is 0 Å². The molecule has 144 valence electrons. The molecule has 6 heteroatoms. The molecule has 0 saturated heterocycles. The Hall–Kier alpha value is -2.66. The number of rotatable bonds is 7. The zero-order chi connectivity index (χ0) is 19.5. The Balaban J connectivity index is 1.41. The second kappa shape index (κ2) is 8.15. The molecule has 1 amide bonds. The highest BCUT2D eigenvalue weighted by atomic mass is 35.5. The minimum absolute atomic E-state index is 0.0225. The van der Waals surface area contributed by atoms with E-state index in [9.17, 15) is 9.18 Å². The highest BCUT2D eigenvalue weighted by molar-refractivity contribution is 6.31. The fraction of sp³-hybridized carbons (Fsp3) is 0.273. The summed E-state index contributed by atoms with van der Waals surface area (Å²) in [6, 6.07) is 14.7. The molecule has 0 N–H and O–H groups in total. The monoisotopic (exact) mass is 397 g/mol. The van der Waals surface area contributed by atoms with Crippen LogP contribution in [0, 0.1) is 5.82 Å². The number of hydrogen-bond donors (Lipinski definition) is 0. The molecule has 2 aromatic carbocycles. The predicted octanol–water partition coefficient (Wildman–Crippen LogP) is 4.79. The van der Waals surface area contributed by atoms with E-state index in [4.69, 9.17) is 11.6 Å². The highest BCUT2D eigenvalue weighted by Gasteiger charge is 2.33. The summed E-state index contributed by atoms with van der Waals surface area (Å²) in [5.74, 6) is -0.343. The number of halogens is 2. The van der Waals surface area contributed by atoms with Gasteiger partial charge in [-0.05, 0) is 49.1 Å². The maximum atomic E-state index is 14.1. The second-order valence-electron chi connectivity index (χ2n) is 7.08. The minimum atomic E-state index is -0.366. The lowest BCUT2D eigenvalue weighted by Crippen LogP contribution is -2.33. The normalized spacial score (nSPS) is 13.5. The summed E-state index contributed by atoms with van der Waals surface area (Å²) in [4.78, 5) is 14.6. The van der Waals surface area contributed by atoms with E-state index < -0.39 is 0 Å². The lowest BCUT2D eigenvalue weighted by atomic mass is 10.1. The largest absolute Gasteiger partial charge is 0.335 e. The van der Waals surface area contributed by atoms with Crippen molar-refractivity contribution in [3.05, 3.63) is 82.9 Å². The van der Waals surface area contributed by atoms with Crippen LogP contribution in [0.25, 0.3) is 5.69 Å². The van der Waals surface area contributed by atoms with Gasteiger partial charge in [-0.25, -0.2) is 9.07 Å². The zero-order valence-corrected chi connectivity index (χ0v) is 16.1. The molecule has 1 heterocycles. The molecule has 1 aliphatic carbocycles. The first-order chi connectivity index (χ1) is 13.6. The van der Waals surface area contributed by atoms with Crippen LogP contribution in [0.5, 0.6) is 0 Å². The molecule has 3 aromatic rings. The van der Waals surface area contributed by atoms with E-state index in [1.807, 2.05) is 36.5 Å². The van der Waals surface area contributed by atoms with Crippen molar-refractivity contribution >= 4 is 17.5 Å². The van der Waals surface area contributed by atoms with Gasteiger partial charge in [-0.15, -0.1) is 0 Å². The molecule has 0 spiro atoms. The smallest absolute Gasteiger partial charge is 0.223 e. The molecule has 28 heavy (non-hydrogen) atoms. The Morgan fingerprint density at radius 1 is 1.18 bits per heavy atom. The molecular weight excluding hydrogens is 377 g/mol.